The molecular weight excluding hydrogens is 236 g/mol. The zero-order chi connectivity index (χ0) is 12.3. The average molecular weight is 254 g/mol. The number of methoxy groups -OCH3 is 1. The van der Waals surface area contributed by atoms with Crippen LogP contribution in [0.15, 0.2) is 24.3 Å². The fraction of sp³-hybridized carbons (Fsp3) is 0.538. The maximum absolute atomic E-state index is 11.8. The molecule has 4 heteroatoms. The molecule has 1 aromatic rings. The van der Waals surface area contributed by atoms with E-state index in [1.54, 1.807) is 7.11 Å². The van der Waals surface area contributed by atoms with Crippen LogP contribution >= 0.6 is 0 Å². The molecule has 2 rings (SSSR count). The Bertz CT molecular complexity index is 462. The fourth-order valence-corrected chi connectivity index (χ4v) is 4.11. The molecule has 0 aromatic heterocycles. The van der Waals surface area contributed by atoms with Crippen LogP contribution in [0.3, 0.4) is 0 Å². The van der Waals surface area contributed by atoms with E-state index < -0.39 is 9.84 Å². The molecule has 0 aliphatic carbocycles. The number of ether oxygens (including phenoxy) is 1. The van der Waals surface area contributed by atoms with Crippen molar-refractivity contribution in [2.75, 3.05) is 18.6 Å². The standard InChI is InChI=1S/C13H18O3S/c1-16-13-7-5-11(6-8-13)12-4-2-3-9-17(14,15)10-12/h5-8,12H,2-4,9-10H2,1H3. The number of hydrogen-bond donors (Lipinski definition) is 0. The molecule has 1 aliphatic heterocycles. The molecule has 0 amide bonds. The number of hydrogen-bond acceptors (Lipinski definition) is 3. The van der Waals surface area contributed by atoms with Gasteiger partial charge in [0.1, 0.15) is 5.75 Å². The first-order valence-electron chi connectivity index (χ1n) is 5.95. The third-order valence-corrected chi connectivity index (χ3v) is 5.12. The highest BCUT2D eigenvalue weighted by molar-refractivity contribution is 7.91. The monoisotopic (exact) mass is 254 g/mol. The van der Waals surface area contributed by atoms with Crippen molar-refractivity contribution in [3.63, 3.8) is 0 Å². The number of rotatable bonds is 2. The Balaban J connectivity index is 2.19. The zero-order valence-corrected chi connectivity index (χ0v) is 10.9. The van der Waals surface area contributed by atoms with E-state index in [-0.39, 0.29) is 5.92 Å². The van der Waals surface area contributed by atoms with Gasteiger partial charge < -0.3 is 4.74 Å². The minimum Gasteiger partial charge on any atom is -0.497 e. The molecule has 1 unspecified atom stereocenters. The van der Waals surface area contributed by atoms with Crippen LogP contribution in [0.25, 0.3) is 0 Å². The van der Waals surface area contributed by atoms with E-state index in [9.17, 15) is 8.42 Å². The van der Waals surface area contributed by atoms with Crippen molar-refractivity contribution in [2.45, 2.75) is 25.2 Å². The molecule has 17 heavy (non-hydrogen) atoms. The maximum Gasteiger partial charge on any atom is 0.150 e. The van der Waals surface area contributed by atoms with E-state index in [4.69, 9.17) is 4.74 Å². The van der Waals surface area contributed by atoms with Crippen LogP contribution in [-0.4, -0.2) is 27.0 Å². The molecule has 0 saturated carbocycles. The Morgan fingerprint density at radius 1 is 1.18 bits per heavy atom. The molecule has 1 aromatic carbocycles. The Morgan fingerprint density at radius 2 is 1.88 bits per heavy atom. The van der Waals surface area contributed by atoms with Gasteiger partial charge in [-0.3, -0.25) is 0 Å². The van der Waals surface area contributed by atoms with Crippen molar-refractivity contribution in [1.29, 1.82) is 0 Å². The lowest BCUT2D eigenvalue weighted by atomic mass is 9.95. The maximum atomic E-state index is 11.8. The van der Waals surface area contributed by atoms with Crippen LogP contribution in [0.4, 0.5) is 0 Å². The zero-order valence-electron chi connectivity index (χ0n) is 10.1. The SMILES string of the molecule is COc1ccc(C2CCCCS(=O)(=O)C2)cc1. The first-order chi connectivity index (χ1) is 8.11. The lowest BCUT2D eigenvalue weighted by Crippen LogP contribution is -2.14. The van der Waals surface area contributed by atoms with Crippen molar-refractivity contribution < 1.29 is 13.2 Å². The van der Waals surface area contributed by atoms with Crippen molar-refractivity contribution in [1.82, 2.24) is 0 Å². The van der Waals surface area contributed by atoms with E-state index >= 15 is 0 Å². The van der Waals surface area contributed by atoms with Gasteiger partial charge in [-0.15, -0.1) is 0 Å². The van der Waals surface area contributed by atoms with Gasteiger partial charge in [0, 0.05) is 0 Å². The Morgan fingerprint density at radius 3 is 2.53 bits per heavy atom. The summed E-state index contributed by atoms with van der Waals surface area (Å²) in [6.07, 6.45) is 2.76. The van der Waals surface area contributed by atoms with Crippen LogP contribution in [0, 0.1) is 0 Å². The van der Waals surface area contributed by atoms with Crippen LogP contribution in [-0.2, 0) is 9.84 Å². The summed E-state index contributed by atoms with van der Waals surface area (Å²) in [5.74, 6) is 1.59. The second kappa shape index (κ2) is 5.08. The lowest BCUT2D eigenvalue weighted by molar-refractivity contribution is 0.414. The predicted octanol–water partition coefficient (Wildman–Crippen LogP) is 2.38. The molecule has 3 nitrogen and oxygen atoms in total. The predicted molar refractivity (Wildman–Crippen MR) is 68.2 cm³/mol. The van der Waals surface area contributed by atoms with Gasteiger partial charge in [0.05, 0.1) is 18.6 Å². The highest BCUT2D eigenvalue weighted by Gasteiger charge is 2.23. The summed E-state index contributed by atoms with van der Waals surface area (Å²) >= 11 is 0. The van der Waals surface area contributed by atoms with E-state index in [1.807, 2.05) is 24.3 Å². The van der Waals surface area contributed by atoms with Crippen LogP contribution in [0.5, 0.6) is 5.75 Å². The first-order valence-corrected chi connectivity index (χ1v) is 7.77. The molecule has 1 heterocycles. The number of sulfone groups is 1. The summed E-state index contributed by atoms with van der Waals surface area (Å²) < 4.78 is 28.6. The van der Waals surface area contributed by atoms with Gasteiger partial charge in [0.25, 0.3) is 0 Å². The Labute approximate surface area is 103 Å². The molecule has 0 radical (unpaired) electrons. The summed E-state index contributed by atoms with van der Waals surface area (Å²) in [4.78, 5) is 0. The molecule has 1 aliphatic rings. The fourth-order valence-electron chi connectivity index (χ4n) is 2.32. The largest absolute Gasteiger partial charge is 0.497 e. The molecule has 0 bridgehead atoms. The summed E-state index contributed by atoms with van der Waals surface area (Å²) in [7, 11) is -1.23. The van der Waals surface area contributed by atoms with E-state index in [2.05, 4.69) is 0 Å². The summed E-state index contributed by atoms with van der Waals surface area (Å²) in [6.45, 7) is 0. The average Bonchev–Trinajstić information content (AvgIpc) is 2.50. The summed E-state index contributed by atoms with van der Waals surface area (Å²) in [5.41, 5.74) is 1.11. The van der Waals surface area contributed by atoms with Gasteiger partial charge in [-0.05, 0) is 36.5 Å². The molecule has 94 valence electrons. The second-order valence-electron chi connectivity index (χ2n) is 4.58. The van der Waals surface area contributed by atoms with Crippen LogP contribution in [0.2, 0.25) is 0 Å². The van der Waals surface area contributed by atoms with Crippen molar-refractivity contribution in [2.24, 2.45) is 0 Å². The minimum absolute atomic E-state index is 0.147. The lowest BCUT2D eigenvalue weighted by Gasteiger charge is -2.14. The molecule has 0 N–H and O–H groups in total. The van der Waals surface area contributed by atoms with Crippen LogP contribution < -0.4 is 4.74 Å². The first kappa shape index (κ1) is 12.4. The van der Waals surface area contributed by atoms with Crippen molar-refractivity contribution in [3.05, 3.63) is 29.8 Å². The van der Waals surface area contributed by atoms with Gasteiger partial charge in [0.2, 0.25) is 0 Å². The highest BCUT2D eigenvalue weighted by atomic mass is 32.2. The normalized spacial score (nSPS) is 23.9. The molecule has 0 spiro atoms. The van der Waals surface area contributed by atoms with E-state index in [1.165, 1.54) is 0 Å². The van der Waals surface area contributed by atoms with Gasteiger partial charge in [0.15, 0.2) is 9.84 Å². The Hall–Kier alpha value is -1.03. The molecule has 1 atom stereocenters. The third kappa shape index (κ3) is 3.22. The van der Waals surface area contributed by atoms with E-state index in [0.717, 1.165) is 30.6 Å². The summed E-state index contributed by atoms with van der Waals surface area (Å²) in [6, 6.07) is 7.74. The molecule has 1 fully saturated rings. The van der Waals surface area contributed by atoms with Gasteiger partial charge in [-0.2, -0.15) is 0 Å². The Kier molecular flexibility index (Phi) is 3.72. The number of benzene rings is 1. The highest BCUT2D eigenvalue weighted by Crippen LogP contribution is 2.28. The quantitative estimate of drug-likeness (QED) is 0.814. The van der Waals surface area contributed by atoms with Crippen molar-refractivity contribution in [3.8, 4) is 5.75 Å². The molecule has 1 saturated heterocycles. The van der Waals surface area contributed by atoms with E-state index in [0.29, 0.717) is 11.5 Å². The molecular formula is C13H18O3S. The van der Waals surface area contributed by atoms with Crippen molar-refractivity contribution >= 4 is 9.84 Å². The topological polar surface area (TPSA) is 43.4 Å². The van der Waals surface area contributed by atoms with Gasteiger partial charge in [-0.1, -0.05) is 18.6 Å². The second-order valence-corrected chi connectivity index (χ2v) is 6.81. The minimum atomic E-state index is -2.86. The van der Waals surface area contributed by atoms with Crippen LogP contribution in [0.1, 0.15) is 30.7 Å². The third-order valence-electron chi connectivity index (χ3n) is 3.30. The van der Waals surface area contributed by atoms with Gasteiger partial charge in [-0.25, -0.2) is 8.42 Å². The summed E-state index contributed by atoms with van der Waals surface area (Å²) in [5, 5.41) is 0. The smallest absolute Gasteiger partial charge is 0.150 e. The van der Waals surface area contributed by atoms with Gasteiger partial charge >= 0.3 is 0 Å².